The molecular formula is C5H6AgO5. The van der Waals surface area contributed by atoms with Gasteiger partial charge in [-0.05, 0) is 0 Å². The maximum Gasteiger partial charge on any atom is 0.310 e. The SMILES string of the molecule is O=C(O)CC(=O)CC(=O)O.[Ag]. The first kappa shape index (κ1) is 13.0. The van der Waals surface area contributed by atoms with E-state index in [-0.39, 0.29) is 22.4 Å². The topological polar surface area (TPSA) is 91.7 Å². The molecule has 0 spiro atoms. The molecule has 11 heavy (non-hydrogen) atoms. The van der Waals surface area contributed by atoms with Crippen LogP contribution < -0.4 is 0 Å². The number of aliphatic carboxylic acids is 2. The molecule has 5 nitrogen and oxygen atoms in total. The quantitative estimate of drug-likeness (QED) is 0.521. The van der Waals surface area contributed by atoms with Crippen LogP contribution in [0.2, 0.25) is 0 Å². The Balaban J connectivity index is 0. The smallest absolute Gasteiger partial charge is 0.310 e. The third kappa shape index (κ3) is 9.35. The second kappa shape index (κ2) is 6.09. The fourth-order valence-corrected chi connectivity index (χ4v) is 0.400. The van der Waals surface area contributed by atoms with Crippen molar-refractivity contribution in [2.75, 3.05) is 0 Å². The van der Waals surface area contributed by atoms with E-state index in [2.05, 4.69) is 0 Å². The molecule has 0 aromatic rings. The zero-order chi connectivity index (χ0) is 8.15. The minimum Gasteiger partial charge on any atom is -0.481 e. The van der Waals surface area contributed by atoms with Crippen LogP contribution in [-0.2, 0) is 36.8 Å². The third-order valence-electron chi connectivity index (χ3n) is 0.697. The Labute approximate surface area is 77.9 Å². The predicted molar refractivity (Wildman–Crippen MR) is 29.5 cm³/mol. The molecule has 0 amide bonds. The molecule has 0 aliphatic rings. The second-order valence-corrected chi connectivity index (χ2v) is 1.68. The summed E-state index contributed by atoms with van der Waals surface area (Å²) in [5.41, 5.74) is 0. The average Bonchev–Trinajstić information content (AvgIpc) is 1.58. The molecule has 6 heteroatoms. The van der Waals surface area contributed by atoms with Gasteiger partial charge in [-0.1, -0.05) is 0 Å². The Bertz CT molecular complexity index is 158. The van der Waals surface area contributed by atoms with Gasteiger partial charge in [0.1, 0.15) is 12.8 Å². The number of hydrogen-bond donors (Lipinski definition) is 2. The van der Waals surface area contributed by atoms with Crippen LogP contribution in [0.25, 0.3) is 0 Å². The molecule has 0 atom stereocenters. The molecule has 2 N–H and O–H groups in total. The first-order chi connectivity index (χ1) is 4.52. The molecule has 0 aliphatic carbocycles. The van der Waals surface area contributed by atoms with Gasteiger partial charge in [-0.25, -0.2) is 0 Å². The minimum absolute atomic E-state index is 0. The summed E-state index contributed by atoms with van der Waals surface area (Å²) in [6.45, 7) is 0. The number of carbonyl (C=O) groups excluding carboxylic acids is 1. The van der Waals surface area contributed by atoms with Gasteiger partial charge in [0.05, 0.1) is 0 Å². The van der Waals surface area contributed by atoms with Gasteiger partial charge >= 0.3 is 11.9 Å². The number of hydrogen-bond acceptors (Lipinski definition) is 3. The summed E-state index contributed by atoms with van der Waals surface area (Å²) in [6, 6.07) is 0. The van der Waals surface area contributed by atoms with Crippen molar-refractivity contribution in [3.8, 4) is 0 Å². The molecule has 0 aromatic carbocycles. The van der Waals surface area contributed by atoms with Crippen molar-refractivity contribution >= 4 is 17.7 Å². The fourth-order valence-electron chi connectivity index (χ4n) is 0.400. The Morgan fingerprint density at radius 3 is 1.36 bits per heavy atom. The van der Waals surface area contributed by atoms with Crippen LogP contribution in [-0.4, -0.2) is 27.9 Å². The average molecular weight is 254 g/mol. The van der Waals surface area contributed by atoms with Crippen LogP contribution in [0.3, 0.4) is 0 Å². The molecule has 67 valence electrons. The van der Waals surface area contributed by atoms with E-state index in [4.69, 9.17) is 10.2 Å². The third-order valence-corrected chi connectivity index (χ3v) is 0.697. The molecule has 1 radical (unpaired) electrons. The van der Waals surface area contributed by atoms with Crippen molar-refractivity contribution in [3.63, 3.8) is 0 Å². The molecule has 0 aromatic heterocycles. The minimum atomic E-state index is -1.30. The zero-order valence-electron chi connectivity index (χ0n) is 5.33. The van der Waals surface area contributed by atoms with Crippen LogP contribution in [0.5, 0.6) is 0 Å². The zero-order valence-corrected chi connectivity index (χ0v) is 6.82. The normalized spacial score (nSPS) is 8.00. The largest absolute Gasteiger partial charge is 0.481 e. The number of rotatable bonds is 4. The number of Topliss-reactive ketones (excluding diaryl/α,β-unsaturated/α-hetero) is 1. The first-order valence-electron chi connectivity index (χ1n) is 2.47. The number of carboxylic acid groups (broad SMARTS) is 2. The van der Waals surface area contributed by atoms with Crippen molar-refractivity contribution in [3.05, 3.63) is 0 Å². The van der Waals surface area contributed by atoms with E-state index in [1.165, 1.54) is 0 Å². The Morgan fingerprint density at radius 1 is 0.909 bits per heavy atom. The summed E-state index contributed by atoms with van der Waals surface area (Å²) in [6.07, 6.45) is -1.43. The molecule has 0 bridgehead atoms. The number of carbonyl (C=O) groups is 3. The summed E-state index contributed by atoms with van der Waals surface area (Å²) in [7, 11) is 0. The molecule has 0 saturated carbocycles. The Morgan fingerprint density at radius 2 is 1.18 bits per heavy atom. The van der Waals surface area contributed by atoms with Crippen LogP contribution in [0.1, 0.15) is 12.8 Å². The molecule has 0 fully saturated rings. The summed E-state index contributed by atoms with van der Waals surface area (Å²) in [4.78, 5) is 29.9. The van der Waals surface area contributed by atoms with E-state index in [0.717, 1.165) is 0 Å². The van der Waals surface area contributed by atoms with Crippen LogP contribution in [0.4, 0.5) is 0 Å². The van der Waals surface area contributed by atoms with Gasteiger partial charge in [0.15, 0.2) is 5.78 Å². The molecule has 0 aliphatic heterocycles. The molecule has 0 saturated heterocycles. The van der Waals surface area contributed by atoms with Gasteiger partial charge in [-0.2, -0.15) is 0 Å². The molecule has 0 heterocycles. The van der Waals surface area contributed by atoms with Gasteiger partial charge in [0.2, 0.25) is 0 Å². The van der Waals surface area contributed by atoms with Gasteiger partial charge < -0.3 is 10.2 Å². The van der Waals surface area contributed by atoms with E-state index in [1.54, 1.807) is 0 Å². The van der Waals surface area contributed by atoms with Crippen molar-refractivity contribution in [1.29, 1.82) is 0 Å². The van der Waals surface area contributed by atoms with E-state index in [9.17, 15) is 14.4 Å². The standard InChI is InChI=1S/C5H6O5.Ag/c6-3(1-4(7)8)2-5(9)10;/h1-2H2,(H,7,8)(H,9,10);. The van der Waals surface area contributed by atoms with Crippen molar-refractivity contribution in [1.82, 2.24) is 0 Å². The van der Waals surface area contributed by atoms with E-state index < -0.39 is 30.6 Å². The Kier molecular flexibility index (Phi) is 7.18. The van der Waals surface area contributed by atoms with Crippen LogP contribution in [0.15, 0.2) is 0 Å². The first-order valence-corrected chi connectivity index (χ1v) is 2.47. The maximum absolute atomic E-state index is 10.3. The maximum atomic E-state index is 10.3. The fraction of sp³-hybridized carbons (Fsp3) is 0.400. The van der Waals surface area contributed by atoms with Crippen molar-refractivity contribution in [2.24, 2.45) is 0 Å². The molecule has 0 rings (SSSR count). The van der Waals surface area contributed by atoms with Gasteiger partial charge in [-0.3, -0.25) is 14.4 Å². The number of carboxylic acids is 2. The van der Waals surface area contributed by atoms with Gasteiger partial charge in [-0.15, -0.1) is 0 Å². The van der Waals surface area contributed by atoms with Crippen molar-refractivity contribution in [2.45, 2.75) is 12.8 Å². The van der Waals surface area contributed by atoms with Gasteiger partial charge in [0, 0.05) is 22.4 Å². The van der Waals surface area contributed by atoms with Crippen molar-refractivity contribution < 1.29 is 47.0 Å². The Hall–Kier alpha value is -0.650. The van der Waals surface area contributed by atoms with E-state index >= 15 is 0 Å². The summed E-state index contributed by atoms with van der Waals surface area (Å²) >= 11 is 0. The summed E-state index contributed by atoms with van der Waals surface area (Å²) in [5, 5.41) is 16.0. The summed E-state index contributed by atoms with van der Waals surface area (Å²) in [5.74, 6) is -3.39. The summed E-state index contributed by atoms with van der Waals surface area (Å²) < 4.78 is 0. The number of ketones is 1. The monoisotopic (exact) mass is 253 g/mol. The molecular weight excluding hydrogens is 248 g/mol. The molecule has 0 unspecified atom stereocenters. The van der Waals surface area contributed by atoms with Crippen LogP contribution in [0, 0.1) is 0 Å². The predicted octanol–water partition coefficient (Wildman–Crippen LogP) is -0.498. The van der Waals surface area contributed by atoms with E-state index in [0.29, 0.717) is 0 Å². The van der Waals surface area contributed by atoms with Crippen LogP contribution >= 0.6 is 0 Å². The van der Waals surface area contributed by atoms with Gasteiger partial charge in [0.25, 0.3) is 0 Å². The van der Waals surface area contributed by atoms with E-state index in [1.807, 2.05) is 0 Å². The second-order valence-electron chi connectivity index (χ2n) is 1.68.